The van der Waals surface area contributed by atoms with E-state index in [0.717, 1.165) is 6.42 Å². The van der Waals surface area contributed by atoms with Crippen molar-refractivity contribution in [2.75, 3.05) is 23.4 Å². The van der Waals surface area contributed by atoms with Gasteiger partial charge in [-0.2, -0.15) is 0 Å². The molecular weight excluding hydrogens is 416 g/mol. The van der Waals surface area contributed by atoms with Crippen molar-refractivity contribution < 1.29 is 19.1 Å². The number of ether oxygens (including phenoxy) is 2. The van der Waals surface area contributed by atoms with E-state index >= 15 is 0 Å². The van der Waals surface area contributed by atoms with Gasteiger partial charge in [0, 0.05) is 23.3 Å². The molecule has 0 radical (unpaired) electrons. The second kappa shape index (κ2) is 8.79. The van der Waals surface area contributed by atoms with Crippen LogP contribution < -0.4 is 19.7 Å². The molecule has 1 aliphatic heterocycles. The van der Waals surface area contributed by atoms with Crippen molar-refractivity contribution in [3.63, 3.8) is 0 Å². The zero-order chi connectivity index (χ0) is 22.8. The van der Waals surface area contributed by atoms with Crippen molar-refractivity contribution in [3.8, 4) is 11.5 Å². The molecular formula is C24H29ClN2O4. The minimum absolute atomic E-state index is 0.0300. The minimum atomic E-state index is -1.12. The first-order chi connectivity index (χ1) is 14.5. The molecule has 0 fully saturated rings. The molecule has 0 atom stereocenters. The van der Waals surface area contributed by atoms with E-state index in [9.17, 15) is 9.59 Å². The molecule has 6 nitrogen and oxygen atoms in total. The summed E-state index contributed by atoms with van der Waals surface area (Å²) in [5.41, 5.74) is -0.466. The van der Waals surface area contributed by atoms with E-state index in [1.54, 1.807) is 55.1 Å². The summed E-state index contributed by atoms with van der Waals surface area (Å²) in [5.74, 6) is 0.840. The number of nitrogens with zero attached hydrogens (tertiary/aromatic N) is 1. The van der Waals surface area contributed by atoms with Crippen LogP contribution in [0.15, 0.2) is 42.5 Å². The maximum Gasteiger partial charge on any atom is 0.267 e. The zero-order valence-electron chi connectivity index (χ0n) is 18.6. The smallest absolute Gasteiger partial charge is 0.267 e. The van der Waals surface area contributed by atoms with Gasteiger partial charge in [0.1, 0.15) is 18.1 Å². The van der Waals surface area contributed by atoms with Crippen LogP contribution >= 0.6 is 11.6 Å². The SMILES string of the molecule is CCCN1C(=O)C(C)(C)COc2cc(NC(=O)C(C)(C)Oc3ccc(Cl)cc3)ccc21. The number of amides is 2. The van der Waals surface area contributed by atoms with Crippen molar-refractivity contribution in [2.45, 2.75) is 46.6 Å². The molecule has 166 valence electrons. The second-order valence-electron chi connectivity index (χ2n) is 8.83. The fourth-order valence-electron chi connectivity index (χ4n) is 3.30. The molecule has 2 aromatic carbocycles. The number of benzene rings is 2. The molecule has 2 amide bonds. The highest BCUT2D eigenvalue weighted by Gasteiger charge is 2.37. The minimum Gasteiger partial charge on any atom is -0.490 e. The van der Waals surface area contributed by atoms with Crippen molar-refractivity contribution in [2.24, 2.45) is 5.41 Å². The van der Waals surface area contributed by atoms with Crippen molar-refractivity contribution >= 4 is 34.8 Å². The van der Waals surface area contributed by atoms with E-state index in [1.165, 1.54) is 0 Å². The van der Waals surface area contributed by atoms with Gasteiger partial charge in [-0.1, -0.05) is 18.5 Å². The number of anilines is 2. The normalized spacial score (nSPS) is 15.5. The number of carbonyl (C=O) groups is 2. The van der Waals surface area contributed by atoms with Crippen LogP contribution in [0.5, 0.6) is 11.5 Å². The molecule has 0 saturated carbocycles. The summed E-state index contributed by atoms with van der Waals surface area (Å²) in [6.07, 6.45) is 0.829. The molecule has 3 rings (SSSR count). The Labute approximate surface area is 188 Å². The third-order valence-electron chi connectivity index (χ3n) is 5.10. The zero-order valence-corrected chi connectivity index (χ0v) is 19.4. The summed E-state index contributed by atoms with van der Waals surface area (Å²) in [6, 6.07) is 12.2. The lowest BCUT2D eigenvalue weighted by molar-refractivity contribution is -0.128. The molecule has 0 unspecified atom stereocenters. The van der Waals surface area contributed by atoms with Crippen molar-refractivity contribution in [1.82, 2.24) is 0 Å². The molecule has 1 aliphatic rings. The van der Waals surface area contributed by atoms with Crippen LogP contribution in [-0.4, -0.2) is 30.6 Å². The maximum atomic E-state index is 13.0. The van der Waals surface area contributed by atoms with Gasteiger partial charge in [0.2, 0.25) is 5.91 Å². The first-order valence-corrected chi connectivity index (χ1v) is 10.8. The molecule has 0 aromatic heterocycles. The van der Waals surface area contributed by atoms with Crippen molar-refractivity contribution in [1.29, 1.82) is 0 Å². The number of fused-ring (bicyclic) bond motifs is 1. The van der Waals surface area contributed by atoms with E-state index in [4.69, 9.17) is 21.1 Å². The molecule has 31 heavy (non-hydrogen) atoms. The first-order valence-electron chi connectivity index (χ1n) is 10.4. The molecule has 0 aliphatic carbocycles. The Balaban J connectivity index is 1.80. The highest BCUT2D eigenvalue weighted by Crippen LogP contribution is 2.38. The third kappa shape index (κ3) is 5.13. The topological polar surface area (TPSA) is 67.9 Å². The lowest BCUT2D eigenvalue weighted by atomic mass is 9.93. The van der Waals surface area contributed by atoms with Crippen molar-refractivity contribution in [3.05, 3.63) is 47.5 Å². The van der Waals surface area contributed by atoms with Crippen LogP contribution in [0, 0.1) is 5.41 Å². The van der Waals surface area contributed by atoms with E-state index in [1.807, 2.05) is 26.8 Å². The predicted molar refractivity (Wildman–Crippen MR) is 123 cm³/mol. The molecule has 0 saturated heterocycles. The summed E-state index contributed by atoms with van der Waals surface area (Å²) in [5, 5.41) is 3.49. The number of hydrogen-bond donors (Lipinski definition) is 1. The Hall–Kier alpha value is -2.73. The van der Waals surface area contributed by atoms with Crippen LogP contribution in [0.4, 0.5) is 11.4 Å². The molecule has 1 heterocycles. The Kier molecular flexibility index (Phi) is 6.51. The van der Waals surface area contributed by atoms with Crippen LogP contribution in [0.2, 0.25) is 5.02 Å². The third-order valence-corrected chi connectivity index (χ3v) is 5.35. The Morgan fingerprint density at radius 3 is 2.55 bits per heavy atom. The summed E-state index contributed by atoms with van der Waals surface area (Å²) in [6.45, 7) is 10.0. The monoisotopic (exact) mass is 444 g/mol. The van der Waals surface area contributed by atoms with Crippen LogP contribution in [0.1, 0.15) is 41.0 Å². The van der Waals surface area contributed by atoms with E-state index < -0.39 is 11.0 Å². The summed E-state index contributed by atoms with van der Waals surface area (Å²) in [4.78, 5) is 27.6. The summed E-state index contributed by atoms with van der Waals surface area (Å²) in [7, 11) is 0. The number of hydrogen-bond acceptors (Lipinski definition) is 4. The maximum absolute atomic E-state index is 13.0. The van der Waals surface area contributed by atoms with Gasteiger partial charge >= 0.3 is 0 Å². The first kappa shape index (κ1) is 22.9. The van der Waals surface area contributed by atoms with Crippen LogP contribution in [0.3, 0.4) is 0 Å². The predicted octanol–water partition coefficient (Wildman–Crippen LogP) is 5.30. The number of halogens is 1. The number of carbonyl (C=O) groups excluding carboxylic acids is 2. The van der Waals surface area contributed by atoms with Crippen LogP contribution in [-0.2, 0) is 9.59 Å². The van der Waals surface area contributed by atoms with E-state index in [0.29, 0.717) is 34.4 Å². The second-order valence-corrected chi connectivity index (χ2v) is 9.27. The van der Waals surface area contributed by atoms with Crippen LogP contribution in [0.25, 0.3) is 0 Å². The standard InChI is InChI=1S/C24H29ClN2O4/c1-6-13-27-19-12-9-17(14-20(19)30-15-23(2,3)22(27)29)26-21(28)24(4,5)31-18-10-7-16(25)8-11-18/h7-12,14H,6,13,15H2,1-5H3,(H,26,28). The average molecular weight is 445 g/mol. The summed E-state index contributed by atoms with van der Waals surface area (Å²) < 4.78 is 11.8. The highest BCUT2D eigenvalue weighted by atomic mass is 35.5. The number of nitrogens with one attached hydrogen (secondary N) is 1. The average Bonchev–Trinajstić information content (AvgIpc) is 2.80. The van der Waals surface area contributed by atoms with Gasteiger partial charge in [0.25, 0.3) is 5.91 Å². The van der Waals surface area contributed by atoms with Gasteiger partial charge in [-0.25, -0.2) is 0 Å². The van der Waals surface area contributed by atoms with Gasteiger partial charge in [0.15, 0.2) is 5.60 Å². The molecule has 0 bridgehead atoms. The molecule has 7 heteroatoms. The fourth-order valence-corrected chi connectivity index (χ4v) is 3.42. The Bertz CT molecular complexity index is 970. The lowest BCUT2D eigenvalue weighted by Gasteiger charge is -2.28. The quantitative estimate of drug-likeness (QED) is 0.656. The summed E-state index contributed by atoms with van der Waals surface area (Å²) >= 11 is 5.91. The molecule has 0 spiro atoms. The Morgan fingerprint density at radius 1 is 1.23 bits per heavy atom. The number of rotatable bonds is 6. The van der Waals surface area contributed by atoms with Gasteiger partial charge in [-0.05, 0) is 70.5 Å². The lowest BCUT2D eigenvalue weighted by Crippen LogP contribution is -2.42. The Morgan fingerprint density at radius 2 is 1.90 bits per heavy atom. The fraction of sp³-hybridized carbons (Fsp3) is 0.417. The van der Waals surface area contributed by atoms with E-state index in [-0.39, 0.29) is 18.4 Å². The largest absolute Gasteiger partial charge is 0.490 e. The molecule has 2 aromatic rings. The van der Waals surface area contributed by atoms with E-state index in [2.05, 4.69) is 5.32 Å². The van der Waals surface area contributed by atoms with Gasteiger partial charge < -0.3 is 19.7 Å². The van der Waals surface area contributed by atoms with Gasteiger partial charge in [-0.3, -0.25) is 9.59 Å². The molecule has 1 N–H and O–H groups in total. The highest BCUT2D eigenvalue weighted by molar-refractivity contribution is 6.30. The van der Waals surface area contributed by atoms with Gasteiger partial charge in [0.05, 0.1) is 11.1 Å². The van der Waals surface area contributed by atoms with Gasteiger partial charge in [-0.15, -0.1) is 0 Å².